The maximum atomic E-state index is 10.5. The van der Waals surface area contributed by atoms with Gasteiger partial charge in [-0.05, 0) is 6.92 Å². The van der Waals surface area contributed by atoms with Crippen molar-refractivity contribution in [1.29, 1.82) is 0 Å². The number of hydrogen-bond donors (Lipinski definition) is 4. The number of rotatable bonds is 4. The number of guanidine groups is 1. The van der Waals surface area contributed by atoms with Crippen LogP contribution in [-0.4, -0.2) is 31.5 Å². The molecule has 0 bridgehead atoms. The maximum absolute atomic E-state index is 10.5. The Morgan fingerprint density at radius 1 is 1.46 bits per heavy atom. The summed E-state index contributed by atoms with van der Waals surface area (Å²) in [7, 11) is 0. The van der Waals surface area contributed by atoms with Gasteiger partial charge in [-0.2, -0.15) is 0 Å². The lowest BCUT2D eigenvalue weighted by Crippen LogP contribution is -2.41. The van der Waals surface area contributed by atoms with Crippen molar-refractivity contribution in [3.8, 4) is 0 Å². The Labute approximate surface area is 77.9 Å². The zero-order valence-corrected chi connectivity index (χ0v) is 8.05. The van der Waals surface area contributed by atoms with E-state index in [2.05, 4.69) is 21.1 Å². The molecular weight excluding hydrogens is 170 g/mol. The Balaban J connectivity index is 3.60. The first-order chi connectivity index (χ1) is 6.20. The molecule has 0 spiro atoms. The number of nitrogens with one attached hydrogen (secondary N) is 3. The minimum atomic E-state index is -0.0547. The summed E-state index contributed by atoms with van der Waals surface area (Å²) in [5, 5.41) is 5.55. The van der Waals surface area contributed by atoms with Gasteiger partial charge in [-0.1, -0.05) is 0 Å². The lowest BCUT2D eigenvalue weighted by Gasteiger charge is -2.06. The molecule has 13 heavy (non-hydrogen) atoms. The summed E-state index contributed by atoms with van der Waals surface area (Å²) in [5.41, 5.74) is 2.42. The van der Waals surface area contributed by atoms with Gasteiger partial charge in [0.15, 0.2) is 0 Å². The van der Waals surface area contributed by atoms with Crippen molar-refractivity contribution in [3.63, 3.8) is 0 Å². The van der Waals surface area contributed by atoms with Crippen LogP contribution < -0.4 is 21.9 Å². The number of amides is 1. The quantitative estimate of drug-likeness (QED) is 0.142. The fourth-order valence-electron chi connectivity index (χ4n) is 0.720. The van der Waals surface area contributed by atoms with Crippen LogP contribution in [0.25, 0.3) is 0 Å². The smallest absolute Gasteiger partial charge is 0.216 e. The molecule has 0 aliphatic carbocycles. The highest BCUT2D eigenvalue weighted by atomic mass is 16.1. The molecule has 0 rings (SSSR count). The van der Waals surface area contributed by atoms with E-state index >= 15 is 0 Å². The van der Waals surface area contributed by atoms with Crippen LogP contribution >= 0.6 is 0 Å². The fourth-order valence-corrected chi connectivity index (χ4v) is 0.720. The highest BCUT2D eigenvalue weighted by molar-refractivity contribution is 5.79. The molecule has 0 aromatic carbocycles. The fraction of sp³-hybridized carbons (Fsp3) is 0.714. The summed E-state index contributed by atoms with van der Waals surface area (Å²) in [4.78, 5) is 14.5. The summed E-state index contributed by atoms with van der Waals surface area (Å²) >= 11 is 0. The van der Waals surface area contributed by atoms with Crippen LogP contribution in [-0.2, 0) is 4.79 Å². The molecule has 6 nitrogen and oxygen atoms in total. The molecular formula is C7H17N5O. The normalized spacial score (nSPS) is 10.8. The van der Waals surface area contributed by atoms with Crippen molar-refractivity contribution in [2.75, 3.05) is 19.6 Å². The van der Waals surface area contributed by atoms with Gasteiger partial charge in [0, 0.05) is 20.0 Å². The number of carbonyl (C=O) groups is 1. The summed E-state index contributed by atoms with van der Waals surface area (Å²) in [6, 6.07) is 0. The van der Waals surface area contributed by atoms with Gasteiger partial charge in [0.1, 0.15) is 0 Å². The van der Waals surface area contributed by atoms with Crippen LogP contribution in [0, 0.1) is 0 Å². The lowest BCUT2D eigenvalue weighted by atomic mass is 10.6. The summed E-state index contributed by atoms with van der Waals surface area (Å²) < 4.78 is 0. The molecule has 0 unspecified atom stereocenters. The minimum Gasteiger partial charge on any atom is -0.356 e. The molecule has 0 radical (unpaired) electrons. The van der Waals surface area contributed by atoms with Crippen LogP contribution in [0.15, 0.2) is 4.99 Å². The number of aliphatic imine (C=N–C) groups is 1. The molecule has 0 heterocycles. The molecule has 0 aliphatic heterocycles. The molecule has 0 aromatic heterocycles. The Morgan fingerprint density at radius 3 is 2.62 bits per heavy atom. The molecule has 5 N–H and O–H groups in total. The van der Waals surface area contributed by atoms with Gasteiger partial charge in [0.05, 0.1) is 6.54 Å². The highest BCUT2D eigenvalue weighted by Crippen LogP contribution is 1.70. The molecule has 0 aliphatic rings. The summed E-state index contributed by atoms with van der Waals surface area (Å²) in [5.74, 6) is 5.65. The largest absolute Gasteiger partial charge is 0.356 e. The molecule has 0 fully saturated rings. The van der Waals surface area contributed by atoms with Crippen LogP contribution in [0.1, 0.15) is 13.8 Å². The minimum absolute atomic E-state index is 0.0547. The molecule has 0 saturated heterocycles. The highest BCUT2D eigenvalue weighted by Gasteiger charge is 1.92. The van der Waals surface area contributed by atoms with Crippen LogP contribution in [0.4, 0.5) is 0 Å². The average molecular weight is 187 g/mol. The third kappa shape index (κ3) is 7.07. The van der Waals surface area contributed by atoms with Gasteiger partial charge in [0.25, 0.3) is 0 Å². The summed E-state index contributed by atoms with van der Waals surface area (Å²) in [6.07, 6.45) is 0. The van der Waals surface area contributed by atoms with Crippen molar-refractivity contribution in [2.45, 2.75) is 13.8 Å². The average Bonchev–Trinajstić information content (AvgIpc) is 2.10. The number of nitrogens with two attached hydrogens (primary N) is 1. The van der Waals surface area contributed by atoms with Gasteiger partial charge in [-0.25, -0.2) is 5.84 Å². The molecule has 1 amide bonds. The first-order valence-corrected chi connectivity index (χ1v) is 4.20. The van der Waals surface area contributed by atoms with Crippen molar-refractivity contribution in [2.24, 2.45) is 10.8 Å². The van der Waals surface area contributed by atoms with Crippen molar-refractivity contribution >= 4 is 11.9 Å². The van der Waals surface area contributed by atoms with E-state index in [-0.39, 0.29) is 5.91 Å². The predicted molar refractivity (Wildman–Crippen MR) is 52.0 cm³/mol. The molecule has 0 atom stereocenters. The van der Waals surface area contributed by atoms with E-state index in [4.69, 9.17) is 5.84 Å². The predicted octanol–water partition coefficient (Wildman–Crippen LogP) is -1.45. The van der Waals surface area contributed by atoms with Crippen molar-refractivity contribution in [1.82, 2.24) is 16.1 Å². The van der Waals surface area contributed by atoms with E-state index in [1.165, 1.54) is 6.92 Å². The molecule has 76 valence electrons. The number of carbonyl (C=O) groups excluding carboxylic acids is 1. The van der Waals surface area contributed by atoms with E-state index in [0.29, 0.717) is 19.0 Å². The SMILES string of the molecule is CCNC(=NCCNC(C)=O)NN. The lowest BCUT2D eigenvalue weighted by molar-refractivity contribution is -0.118. The Morgan fingerprint density at radius 2 is 2.15 bits per heavy atom. The molecule has 6 heteroatoms. The molecule has 0 saturated carbocycles. The number of nitrogens with zero attached hydrogens (tertiary/aromatic N) is 1. The van der Waals surface area contributed by atoms with Gasteiger partial charge >= 0.3 is 0 Å². The number of hydrazine groups is 1. The first kappa shape index (κ1) is 11.7. The Bertz CT molecular complexity index is 180. The Hall–Kier alpha value is -1.30. The maximum Gasteiger partial charge on any atom is 0.216 e. The second-order valence-electron chi connectivity index (χ2n) is 2.39. The second kappa shape index (κ2) is 7.35. The van der Waals surface area contributed by atoms with E-state index in [1.807, 2.05) is 6.92 Å². The van der Waals surface area contributed by atoms with Crippen LogP contribution in [0.5, 0.6) is 0 Å². The second-order valence-corrected chi connectivity index (χ2v) is 2.39. The third-order valence-electron chi connectivity index (χ3n) is 1.24. The van der Waals surface area contributed by atoms with E-state index < -0.39 is 0 Å². The first-order valence-electron chi connectivity index (χ1n) is 4.20. The van der Waals surface area contributed by atoms with Gasteiger partial charge in [0.2, 0.25) is 11.9 Å². The monoisotopic (exact) mass is 187 g/mol. The van der Waals surface area contributed by atoms with E-state index in [1.54, 1.807) is 0 Å². The zero-order chi connectivity index (χ0) is 10.1. The third-order valence-corrected chi connectivity index (χ3v) is 1.24. The van der Waals surface area contributed by atoms with E-state index in [0.717, 1.165) is 6.54 Å². The Kier molecular flexibility index (Phi) is 6.62. The molecule has 0 aromatic rings. The van der Waals surface area contributed by atoms with Crippen molar-refractivity contribution in [3.05, 3.63) is 0 Å². The van der Waals surface area contributed by atoms with Gasteiger partial charge in [-0.3, -0.25) is 15.2 Å². The van der Waals surface area contributed by atoms with Gasteiger partial charge in [-0.15, -0.1) is 0 Å². The van der Waals surface area contributed by atoms with Crippen LogP contribution in [0.3, 0.4) is 0 Å². The summed E-state index contributed by atoms with van der Waals surface area (Å²) in [6.45, 7) is 5.19. The number of hydrogen-bond acceptors (Lipinski definition) is 3. The van der Waals surface area contributed by atoms with E-state index in [9.17, 15) is 4.79 Å². The standard InChI is InChI=1S/C7H17N5O/c1-3-9-7(12-8)11-5-4-10-6(2)13/h3-5,8H2,1-2H3,(H,10,13)(H2,9,11,12). The zero-order valence-electron chi connectivity index (χ0n) is 8.05. The topological polar surface area (TPSA) is 91.5 Å². The van der Waals surface area contributed by atoms with Crippen molar-refractivity contribution < 1.29 is 4.79 Å². The van der Waals surface area contributed by atoms with Crippen LogP contribution in [0.2, 0.25) is 0 Å². The van der Waals surface area contributed by atoms with Gasteiger partial charge < -0.3 is 10.6 Å².